The average Bonchev–Trinajstić information content (AvgIpc) is 3.41. The summed E-state index contributed by atoms with van der Waals surface area (Å²) >= 11 is 0. The minimum Gasteiger partial charge on any atom is -0.459 e. The maximum Gasteiger partial charge on any atom is 0.287 e. The molecule has 2 heterocycles. The number of hydrogen-bond donors (Lipinski definition) is 2. The quantitative estimate of drug-likeness (QED) is 0.453. The molecule has 0 radical (unpaired) electrons. The van der Waals surface area contributed by atoms with E-state index >= 15 is 0 Å². The van der Waals surface area contributed by atoms with Crippen LogP contribution >= 0.6 is 0 Å². The topological polar surface area (TPSA) is 109 Å². The van der Waals surface area contributed by atoms with Crippen molar-refractivity contribution < 1.29 is 23.6 Å². The summed E-state index contributed by atoms with van der Waals surface area (Å²) in [6.07, 6.45) is 1.41. The highest BCUT2D eigenvalue weighted by Gasteiger charge is 2.34. The number of hydrogen-bond acceptors (Lipinski definition) is 5. The van der Waals surface area contributed by atoms with Gasteiger partial charge >= 0.3 is 0 Å². The number of carbonyl (C=O) groups excluding carboxylic acids is 4. The number of furan rings is 1. The summed E-state index contributed by atoms with van der Waals surface area (Å²) in [5.41, 5.74) is 1.98. The summed E-state index contributed by atoms with van der Waals surface area (Å²) in [6.45, 7) is 0.637. The van der Waals surface area contributed by atoms with E-state index in [1.165, 1.54) is 11.2 Å². The molecule has 0 unspecified atom stereocenters. The summed E-state index contributed by atoms with van der Waals surface area (Å²) in [6, 6.07) is 16.6. The highest BCUT2D eigenvalue weighted by atomic mass is 16.3. The molecular weight excluding hydrogens is 398 g/mol. The lowest BCUT2D eigenvalue weighted by molar-refractivity contribution is 0.0641. The maximum absolute atomic E-state index is 12.5. The molecule has 4 rings (SSSR count). The standard InChI is InChI=1S/C23H19N3O5/c27-20(24-11-12-25-21(28)19-6-3-13-31-19)16-9-7-15(8-10-16)14-26-22(29)17-4-1-2-5-18(17)23(26)30/h1-10,13H,11-12,14H2,(H,24,27)(H,25,28). The van der Waals surface area contributed by atoms with E-state index in [1.807, 2.05) is 0 Å². The lowest BCUT2D eigenvalue weighted by Gasteiger charge is -2.14. The molecule has 0 saturated heterocycles. The molecule has 0 atom stereocenters. The Morgan fingerprint density at radius 1 is 0.774 bits per heavy atom. The molecule has 2 N–H and O–H groups in total. The number of rotatable bonds is 7. The molecule has 1 aliphatic rings. The van der Waals surface area contributed by atoms with Crippen molar-refractivity contribution in [2.24, 2.45) is 0 Å². The molecule has 8 heteroatoms. The van der Waals surface area contributed by atoms with Gasteiger partial charge in [-0.1, -0.05) is 24.3 Å². The molecule has 156 valence electrons. The van der Waals surface area contributed by atoms with Crippen LogP contribution < -0.4 is 10.6 Å². The second-order valence-corrected chi connectivity index (χ2v) is 6.93. The van der Waals surface area contributed by atoms with Crippen LogP contribution in [0.4, 0.5) is 0 Å². The molecule has 1 aromatic heterocycles. The minimum absolute atomic E-state index is 0.132. The highest BCUT2D eigenvalue weighted by molar-refractivity contribution is 6.21. The zero-order chi connectivity index (χ0) is 21.8. The van der Waals surface area contributed by atoms with E-state index in [4.69, 9.17) is 4.42 Å². The van der Waals surface area contributed by atoms with E-state index in [-0.39, 0.29) is 49.0 Å². The maximum atomic E-state index is 12.5. The largest absolute Gasteiger partial charge is 0.459 e. The number of carbonyl (C=O) groups is 4. The first kappa shape index (κ1) is 20.1. The van der Waals surface area contributed by atoms with Crippen molar-refractivity contribution in [3.63, 3.8) is 0 Å². The molecule has 31 heavy (non-hydrogen) atoms. The lowest BCUT2D eigenvalue weighted by atomic mass is 10.1. The molecule has 0 bridgehead atoms. The van der Waals surface area contributed by atoms with Gasteiger partial charge < -0.3 is 15.1 Å². The minimum atomic E-state index is -0.350. The summed E-state index contributed by atoms with van der Waals surface area (Å²) in [5, 5.41) is 5.36. The van der Waals surface area contributed by atoms with Crippen molar-refractivity contribution in [3.05, 3.63) is 94.9 Å². The third kappa shape index (κ3) is 4.23. The summed E-state index contributed by atoms with van der Waals surface area (Å²) in [4.78, 5) is 50.1. The molecule has 8 nitrogen and oxygen atoms in total. The van der Waals surface area contributed by atoms with E-state index in [0.717, 1.165) is 5.56 Å². The summed E-state index contributed by atoms with van der Waals surface area (Å²) < 4.78 is 4.99. The van der Waals surface area contributed by atoms with Crippen LogP contribution in [0.1, 0.15) is 47.2 Å². The average molecular weight is 417 g/mol. The number of amides is 4. The van der Waals surface area contributed by atoms with Gasteiger partial charge in [-0.25, -0.2) is 0 Å². The van der Waals surface area contributed by atoms with E-state index in [2.05, 4.69) is 10.6 Å². The number of nitrogens with zero attached hydrogens (tertiary/aromatic N) is 1. The van der Waals surface area contributed by atoms with Crippen LogP contribution in [0.15, 0.2) is 71.3 Å². The van der Waals surface area contributed by atoms with Gasteiger partial charge in [-0.3, -0.25) is 24.1 Å². The fourth-order valence-electron chi connectivity index (χ4n) is 3.28. The molecule has 0 aliphatic carbocycles. The smallest absolute Gasteiger partial charge is 0.287 e. The number of imide groups is 1. The summed E-state index contributed by atoms with van der Waals surface area (Å²) in [5.74, 6) is -1.07. The molecule has 0 spiro atoms. The Kier molecular flexibility index (Phi) is 5.61. The van der Waals surface area contributed by atoms with Gasteiger partial charge in [0.1, 0.15) is 0 Å². The predicted molar refractivity (Wildman–Crippen MR) is 110 cm³/mol. The van der Waals surface area contributed by atoms with Crippen molar-refractivity contribution in [3.8, 4) is 0 Å². The van der Waals surface area contributed by atoms with Crippen molar-refractivity contribution in [1.82, 2.24) is 15.5 Å². The second-order valence-electron chi connectivity index (χ2n) is 6.93. The molecule has 0 fully saturated rings. The Balaban J connectivity index is 1.28. The lowest BCUT2D eigenvalue weighted by Crippen LogP contribution is -2.34. The van der Waals surface area contributed by atoms with Crippen molar-refractivity contribution in [2.75, 3.05) is 13.1 Å². The first-order chi connectivity index (χ1) is 15.0. The number of benzene rings is 2. The number of nitrogens with one attached hydrogen (secondary N) is 2. The van der Waals surface area contributed by atoms with Gasteiger partial charge in [0.15, 0.2) is 5.76 Å². The van der Waals surface area contributed by atoms with Gasteiger partial charge in [-0.2, -0.15) is 0 Å². The molecular formula is C23H19N3O5. The van der Waals surface area contributed by atoms with E-state index < -0.39 is 0 Å². The second kappa shape index (κ2) is 8.66. The molecule has 1 aliphatic heterocycles. The molecule has 4 amide bonds. The van der Waals surface area contributed by atoms with Gasteiger partial charge in [-0.05, 0) is 42.0 Å². The monoisotopic (exact) mass is 417 g/mol. The predicted octanol–water partition coefficient (Wildman–Crippen LogP) is 2.24. The van der Waals surface area contributed by atoms with Crippen LogP contribution in [0.25, 0.3) is 0 Å². The number of fused-ring (bicyclic) bond motifs is 1. The van der Waals surface area contributed by atoms with Gasteiger partial charge in [0.05, 0.1) is 23.9 Å². The zero-order valence-corrected chi connectivity index (χ0v) is 16.5. The third-order valence-electron chi connectivity index (χ3n) is 4.88. The van der Waals surface area contributed by atoms with Crippen LogP contribution in [-0.4, -0.2) is 41.6 Å². The van der Waals surface area contributed by atoms with Crippen LogP contribution in [0, 0.1) is 0 Å². The van der Waals surface area contributed by atoms with Crippen LogP contribution in [0.2, 0.25) is 0 Å². The first-order valence-corrected chi connectivity index (χ1v) is 9.68. The van der Waals surface area contributed by atoms with E-state index in [1.54, 1.807) is 60.7 Å². The highest BCUT2D eigenvalue weighted by Crippen LogP contribution is 2.24. The van der Waals surface area contributed by atoms with Crippen LogP contribution in [-0.2, 0) is 6.54 Å². The Morgan fingerprint density at radius 2 is 1.39 bits per heavy atom. The third-order valence-corrected chi connectivity index (χ3v) is 4.88. The summed E-state index contributed by atoms with van der Waals surface area (Å²) in [7, 11) is 0. The van der Waals surface area contributed by atoms with Crippen molar-refractivity contribution >= 4 is 23.6 Å². The van der Waals surface area contributed by atoms with Crippen molar-refractivity contribution in [1.29, 1.82) is 0 Å². The Bertz CT molecular complexity index is 1100. The van der Waals surface area contributed by atoms with E-state index in [0.29, 0.717) is 16.7 Å². The van der Waals surface area contributed by atoms with Gasteiger partial charge in [0.2, 0.25) is 0 Å². The molecule has 2 aromatic carbocycles. The van der Waals surface area contributed by atoms with Crippen molar-refractivity contribution in [2.45, 2.75) is 6.54 Å². The van der Waals surface area contributed by atoms with Crippen LogP contribution in [0.3, 0.4) is 0 Å². The SMILES string of the molecule is O=C(NCCNC(=O)c1ccco1)c1ccc(CN2C(=O)c3ccccc3C2=O)cc1. The Hall–Kier alpha value is -4.20. The fraction of sp³-hybridized carbons (Fsp3) is 0.130. The zero-order valence-electron chi connectivity index (χ0n) is 16.5. The van der Waals surface area contributed by atoms with Gasteiger partial charge in [-0.15, -0.1) is 0 Å². The fourth-order valence-corrected chi connectivity index (χ4v) is 3.28. The first-order valence-electron chi connectivity index (χ1n) is 9.68. The molecule has 3 aromatic rings. The Labute approximate surface area is 177 Å². The van der Waals surface area contributed by atoms with Crippen LogP contribution in [0.5, 0.6) is 0 Å². The molecule has 0 saturated carbocycles. The normalized spacial score (nSPS) is 12.6. The van der Waals surface area contributed by atoms with Gasteiger partial charge in [0, 0.05) is 18.7 Å². The Morgan fingerprint density at radius 3 is 1.97 bits per heavy atom. The van der Waals surface area contributed by atoms with E-state index in [9.17, 15) is 19.2 Å². The van der Waals surface area contributed by atoms with Gasteiger partial charge in [0.25, 0.3) is 23.6 Å².